The molecule has 2 aromatic rings. The molecule has 206 valence electrons. The van der Waals surface area contributed by atoms with E-state index in [2.05, 4.69) is 20.3 Å². The van der Waals surface area contributed by atoms with Crippen LogP contribution in [0.15, 0.2) is 40.7 Å². The molecule has 5 unspecified atom stereocenters. The van der Waals surface area contributed by atoms with Crippen LogP contribution in [0.4, 0.5) is 10.8 Å². The molecule has 0 spiro atoms. The lowest BCUT2D eigenvalue weighted by atomic mass is 9.98. The number of carbonyl (C=O) groups excluding carboxylic acids is 2. The first-order chi connectivity index (χ1) is 17.8. The fourth-order valence-corrected chi connectivity index (χ4v) is 6.25. The Balaban J connectivity index is 1.17. The van der Waals surface area contributed by atoms with Crippen LogP contribution in [0.2, 0.25) is 0 Å². The van der Waals surface area contributed by atoms with Crippen molar-refractivity contribution in [3.8, 4) is 0 Å². The second kappa shape index (κ2) is 9.82. The first-order valence-electron chi connectivity index (χ1n) is 11.8. The minimum absolute atomic E-state index is 0.00398. The highest BCUT2D eigenvalue weighted by Crippen LogP contribution is 2.44. The van der Waals surface area contributed by atoms with E-state index in [-0.39, 0.29) is 16.6 Å². The number of anilines is 2. The molecule has 3 aliphatic heterocycles. The normalized spacial score (nSPS) is 29.2. The first kappa shape index (κ1) is 26.9. The molecule has 4 heterocycles. The van der Waals surface area contributed by atoms with Crippen molar-refractivity contribution >= 4 is 44.0 Å². The third-order valence-electron chi connectivity index (χ3n) is 5.94. The summed E-state index contributed by atoms with van der Waals surface area (Å²) in [6, 6.07) is 5.58. The highest BCUT2D eigenvalue weighted by Gasteiger charge is 2.62. The molecule has 2 amide bonds. The van der Waals surface area contributed by atoms with Crippen LogP contribution in [-0.2, 0) is 43.3 Å². The Morgan fingerprint density at radius 1 is 0.974 bits per heavy atom. The van der Waals surface area contributed by atoms with E-state index < -0.39 is 64.1 Å². The number of benzene rings is 1. The molecule has 5 atom stereocenters. The van der Waals surface area contributed by atoms with Crippen molar-refractivity contribution in [1.82, 2.24) is 10.3 Å². The van der Waals surface area contributed by atoms with Crippen LogP contribution in [0, 0.1) is 0 Å². The third kappa shape index (κ3) is 5.68. The summed E-state index contributed by atoms with van der Waals surface area (Å²) in [6.07, 6.45) is -2.39. The van der Waals surface area contributed by atoms with Crippen molar-refractivity contribution in [3.63, 3.8) is 0 Å². The Morgan fingerprint density at radius 3 is 2.32 bits per heavy atom. The molecule has 3 saturated heterocycles. The summed E-state index contributed by atoms with van der Waals surface area (Å²) in [4.78, 5) is 29.4. The number of amides is 2. The van der Waals surface area contributed by atoms with Crippen molar-refractivity contribution < 1.29 is 41.7 Å². The van der Waals surface area contributed by atoms with E-state index in [1.807, 2.05) is 0 Å². The molecule has 0 aliphatic carbocycles. The van der Waals surface area contributed by atoms with E-state index in [1.165, 1.54) is 30.5 Å². The number of hydrogen-bond acceptors (Lipinski definition) is 11. The van der Waals surface area contributed by atoms with E-state index in [4.69, 9.17) is 23.7 Å². The summed E-state index contributed by atoms with van der Waals surface area (Å²) in [5.74, 6) is -2.98. The molecule has 1 aromatic heterocycles. The lowest BCUT2D eigenvalue weighted by molar-refractivity contribution is -0.231. The highest BCUT2D eigenvalue weighted by molar-refractivity contribution is 7.93. The fraction of sp³-hybridized carbons (Fsp3) is 0.522. The fourth-order valence-electron chi connectivity index (χ4n) is 4.46. The summed E-state index contributed by atoms with van der Waals surface area (Å²) in [7, 11) is -3.82. The monoisotopic (exact) mass is 568 g/mol. The Labute approximate surface area is 223 Å². The molecule has 38 heavy (non-hydrogen) atoms. The SMILES string of the molecule is CC1(C)OC2OC(C(=O)NCC(=O)Nc3ccc(S(=O)(=O)Nc4nccs4)cc3)C3OC(C)(C)OC3C2O1. The molecule has 0 bridgehead atoms. The standard InChI is InChI=1S/C23H28N4O9S2/c1-22(2)33-15-16(34-22)18-20(36-23(3,4)35-18)32-17(15)19(29)25-11-14(28)26-12-5-7-13(8-6-12)38(30,31)27-21-24-9-10-37-21/h5-10,15-18,20H,11H2,1-4H3,(H,24,27)(H,25,29)(H,26,28). The zero-order chi connectivity index (χ0) is 27.3. The number of rotatable bonds is 7. The number of nitrogens with one attached hydrogen (secondary N) is 3. The summed E-state index contributed by atoms with van der Waals surface area (Å²) < 4.78 is 56.8. The van der Waals surface area contributed by atoms with Gasteiger partial charge in [-0.3, -0.25) is 14.3 Å². The molecule has 0 saturated carbocycles. The molecular weight excluding hydrogens is 540 g/mol. The predicted octanol–water partition coefficient (Wildman–Crippen LogP) is 1.40. The highest BCUT2D eigenvalue weighted by atomic mass is 32.2. The van der Waals surface area contributed by atoms with Crippen LogP contribution < -0.4 is 15.4 Å². The van der Waals surface area contributed by atoms with E-state index >= 15 is 0 Å². The number of carbonyl (C=O) groups is 2. The maximum Gasteiger partial charge on any atom is 0.263 e. The maximum absolute atomic E-state index is 13.0. The Kier molecular flexibility index (Phi) is 6.96. The van der Waals surface area contributed by atoms with E-state index in [9.17, 15) is 18.0 Å². The van der Waals surface area contributed by atoms with E-state index in [0.717, 1.165) is 11.3 Å². The van der Waals surface area contributed by atoms with Gasteiger partial charge in [-0.25, -0.2) is 13.4 Å². The van der Waals surface area contributed by atoms with Gasteiger partial charge < -0.3 is 34.3 Å². The number of fused-ring (bicyclic) bond motifs is 3. The lowest BCUT2D eigenvalue weighted by Gasteiger charge is -2.36. The van der Waals surface area contributed by atoms with Gasteiger partial charge in [-0.2, -0.15) is 0 Å². The second-order valence-electron chi connectivity index (χ2n) is 9.82. The van der Waals surface area contributed by atoms with Gasteiger partial charge in [0.15, 0.2) is 29.1 Å². The number of nitrogens with zero attached hydrogens (tertiary/aromatic N) is 1. The molecule has 13 nitrogen and oxygen atoms in total. The van der Waals surface area contributed by atoms with Crippen LogP contribution in [0.3, 0.4) is 0 Å². The average Bonchev–Trinajstić information content (AvgIpc) is 3.52. The van der Waals surface area contributed by atoms with Crippen LogP contribution in [-0.4, -0.2) is 74.0 Å². The number of aromatic nitrogens is 1. The second-order valence-corrected chi connectivity index (χ2v) is 12.4. The number of ether oxygens (including phenoxy) is 5. The minimum Gasteiger partial charge on any atom is -0.345 e. The number of hydrogen-bond donors (Lipinski definition) is 3. The van der Waals surface area contributed by atoms with Gasteiger partial charge in [0.1, 0.15) is 18.3 Å². The molecule has 3 N–H and O–H groups in total. The van der Waals surface area contributed by atoms with Crippen molar-refractivity contribution in [3.05, 3.63) is 35.8 Å². The smallest absolute Gasteiger partial charge is 0.263 e. The first-order valence-corrected chi connectivity index (χ1v) is 14.1. The summed E-state index contributed by atoms with van der Waals surface area (Å²) in [5, 5.41) is 7.06. The molecule has 0 radical (unpaired) electrons. The third-order valence-corrected chi connectivity index (χ3v) is 8.11. The van der Waals surface area contributed by atoms with E-state index in [0.29, 0.717) is 5.69 Å². The number of thiazole rings is 1. The van der Waals surface area contributed by atoms with Gasteiger partial charge in [-0.05, 0) is 52.0 Å². The number of sulfonamides is 1. The molecular formula is C23H28N4O9S2. The van der Waals surface area contributed by atoms with Crippen LogP contribution in [0.5, 0.6) is 0 Å². The van der Waals surface area contributed by atoms with Crippen LogP contribution >= 0.6 is 11.3 Å². The van der Waals surface area contributed by atoms with Gasteiger partial charge in [0.25, 0.3) is 15.9 Å². The van der Waals surface area contributed by atoms with Crippen molar-refractivity contribution in [2.45, 2.75) is 74.9 Å². The zero-order valence-corrected chi connectivity index (χ0v) is 22.6. The van der Waals surface area contributed by atoms with Gasteiger partial charge in [0.2, 0.25) is 5.91 Å². The quantitative estimate of drug-likeness (QED) is 0.445. The van der Waals surface area contributed by atoms with Gasteiger partial charge in [0.05, 0.1) is 11.4 Å². The van der Waals surface area contributed by atoms with Crippen molar-refractivity contribution in [2.75, 3.05) is 16.6 Å². The van der Waals surface area contributed by atoms with E-state index in [1.54, 1.807) is 33.1 Å². The topological polar surface area (TPSA) is 163 Å². The van der Waals surface area contributed by atoms with Crippen molar-refractivity contribution in [2.24, 2.45) is 0 Å². The summed E-state index contributed by atoms with van der Waals surface area (Å²) in [6.45, 7) is 6.58. The molecule has 5 rings (SSSR count). The minimum atomic E-state index is -3.82. The average molecular weight is 569 g/mol. The Hall–Kier alpha value is -2.66. The predicted molar refractivity (Wildman–Crippen MR) is 134 cm³/mol. The Morgan fingerprint density at radius 2 is 1.63 bits per heavy atom. The molecule has 1 aromatic carbocycles. The van der Waals surface area contributed by atoms with Crippen molar-refractivity contribution in [1.29, 1.82) is 0 Å². The Bertz CT molecular complexity index is 1300. The van der Waals surface area contributed by atoms with Gasteiger partial charge >= 0.3 is 0 Å². The van der Waals surface area contributed by atoms with Gasteiger partial charge in [0, 0.05) is 17.3 Å². The summed E-state index contributed by atoms with van der Waals surface area (Å²) >= 11 is 1.15. The lowest BCUT2D eigenvalue weighted by Crippen LogP contribution is -2.59. The van der Waals surface area contributed by atoms with Crippen LogP contribution in [0.1, 0.15) is 27.7 Å². The zero-order valence-electron chi connectivity index (χ0n) is 21.0. The van der Waals surface area contributed by atoms with Gasteiger partial charge in [-0.1, -0.05) is 0 Å². The largest absolute Gasteiger partial charge is 0.345 e. The molecule has 3 aliphatic rings. The molecule has 3 fully saturated rings. The molecule has 15 heteroatoms. The van der Waals surface area contributed by atoms with Gasteiger partial charge in [-0.15, -0.1) is 11.3 Å². The maximum atomic E-state index is 13.0. The summed E-state index contributed by atoms with van der Waals surface area (Å²) in [5.41, 5.74) is 0.349. The van der Waals surface area contributed by atoms with Crippen LogP contribution in [0.25, 0.3) is 0 Å².